The molecule has 2 rings (SSSR count). The molecule has 2 aliphatic rings. The Balaban J connectivity index is 2.57. The number of nitrogens with one attached hydrogen (secondary N) is 1. The highest BCUT2D eigenvalue weighted by atomic mass is 32.2. The van der Waals surface area contributed by atoms with E-state index in [1.54, 1.807) is 5.32 Å². The van der Waals surface area contributed by atoms with Crippen LogP contribution in [0.2, 0.25) is 0 Å². The van der Waals surface area contributed by atoms with E-state index in [0.29, 0.717) is 0 Å². The standard InChI is InChI=1S/C11H14F6N2O5S2/c12-10(13,14)25(21,22)9-6-3-1-2-4-7(6)19(5-8(20)18-9)26(23,24)11(15,16)17/h6-7,9H,1-5H2,(H,18,20)/t6-,7-,9?/m1/s1. The number of carbonyl (C=O) groups excluding carboxylic acids is 1. The lowest BCUT2D eigenvalue weighted by atomic mass is 9.84. The Hall–Kier alpha value is -1.09. The van der Waals surface area contributed by atoms with E-state index in [9.17, 15) is 48.0 Å². The predicted molar refractivity (Wildman–Crippen MR) is 74.3 cm³/mol. The molecule has 152 valence electrons. The number of carbonyl (C=O) groups is 1. The number of hydrogen-bond donors (Lipinski definition) is 1. The Morgan fingerprint density at radius 1 is 0.923 bits per heavy atom. The summed E-state index contributed by atoms with van der Waals surface area (Å²) in [6, 6.07) is -1.70. The summed E-state index contributed by atoms with van der Waals surface area (Å²) in [5.41, 5.74) is -11.5. The molecule has 15 heteroatoms. The Labute approximate surface area is 144 Å². The first-order valence-corrected chi connectivity index (χ1v) is 10.3. The van der Waals surface area contributed by atoms with Crippen molar-refractivity contribution in [3.05, 3.63) is 0 Å². The first-order valence-electron chi connectivity index (χ1n) is 7.28. The average molecular weight is 432 g/mol. The third-order valence-electron chi connectivity index (χ3n) is 4.40. The largest absolute Gasteiger partial charge is 0.511 e. The van der Waals surface area contributed by atoms with Crippen molar-refractivity contribution in [2.45, 2.75) is 48.1 Å². The van der Waals surface area contributed by atoms with Gasteiger partial charge in [-0.3, -0.25) is 4.79 Å². The highest BCUT2D eigenvalue weighted by Gasteiger charge is 2.60. The summed E-state index contributed by atoms with van der Waals surface area (Å²) in [5.74, 6) is -3.20. The molecule has 1 amide bonds. The van der Waals surface area contributed by atoms with Gasteiger partial charge in [0.05, 0.1) is 6.54 Å². The molecule has 1 aliphatic heterocycles. The maximum Gasteiger partial charge on any atom is 0.511 e. The third kappa shape index (κ3) is 3.52. The highest BCUT2D eigenvalue weighted by molar-refractivity contribution is 7.92. The molecule has 0 radical (unpaired) electrons. The molecule has 1 saturated carbocycles. The van der Waals surface area contributed by atoms with Crippen molar-refractivity contribution in [2.24, 2.45) is 5.92 Å². The van der Waals surface area contributed by atoms with Crippen molar-refractivity contribution in [3.8, 4) is 0 Å². The molecule has 1 heterocycles. The fourth-order valence-electron chi connectivity index (χ4n) is 3.27. The normalized spacial score (nSPS) is 29.6. The lowest BCUT2D eigenvalue weighted by Gasteiger charge is -2.39. The van der Waals surface area contributed by atoms with Gasteiger partial charge in [0.25, 0.3) is 9.84 Å². The van der Waals surface area contributed by atoms with Crippen LogP contribution in [-0.4, -0.2) is 56.0 Å². The summed E-state index contributed by atoms with van der Waals surface area (Å²) in [4.78, 5) is 11.8. The fraction of sp³-hybridized carbons (Fsp3) is 0.909. The van der Waals surface area contributed by atoms with Crippen LogP contribution >= 0.6 is 0 Å². The number of fused-ring (bicyclic) bond motifs is 1. The van der Waals surface area contributed by atoms with E-state index in [-0.39, 0.29) is 30.0 Å². The summed E-state index contributed by atoms with van der Waals surface area (Å²) in [7, 11) is -12.0. The number of halogens is 6. The van der Waals surface area contributed by atoms with Crippen molar-refractivity contribution >= 4 is 25.8 Å². The summed E-state index contributed by atoms with van der Waals surface area (Å²) >= 11 is 0. The molecular weight excluding hydrogens is 418 g/mol. The van der Waals surface area contributed by atoms with Crippen molar-refractivity contribution in [1.82, 2.24) is 9.62 Å². The topological polar surface area (TPSA) is 101 Å². The van der Waals surface area contributed by atoms with Crippen molar-refractivity contribution < 1.29 is 48.0 Å². The highest BCUT2D eigenvalue weighted by Crippen LogP contribution is 2.41. The number of rotatable bonds is 2. The second kappa shape index (κ2) is 6.51. The number of alkyl halides is 6. The third-order valence-corrected chi connectivity index (χ3v) is 7.78. The van der Waals surface area contributed by atoms with Crippen molar-refractivity contribution in [2.75, 3.05) is 6.54 Å². The summed E-state index contributed by atoms with van der Waals surface area (Å²) < 4.78 is 124. The molecule has 2 fully saturated rings. The molecule has 1 saturated heterocycles. The molecule has 1 aliphatic carbocycles. The van der Waals surface area contributed by atoms with Crippen LogP contribution in [0.15, 0.2) is 0 Å². The second-order valence-corrected chi connectivity index (χ2v) is 9.93. The van der Waals surface area contributed by atoms with E-state index in [0.717, 1.165) is 0 Å². The van der Waals surface area contributed by atoms with E-state index < -0.39 is 60.7 Å². The zero-order valence-electron chi connectivity index (χ0n) is 12.8. The number of nitrogens with zero attached hydrogens (tertiary/aromatic N) is 1. The summed E-state index contributed by atoms with van der Waals surface area (Å²) in [6.07, 6.45) is -0.216. The monoisotopic (exact) mass is 432 g/mol. The van der Waals surface area contributed by atoms with Crippen molar-refractivity contribution in [3.63, 3.8) is 0 Å². The molecule has 0 bridgehead atoms. The maximum atomic E-state index is 12.9. The predicted octanol–water partition coefficient (Wildman–Crippen LogP) is 1.09. The number of hydrogen-bond acceptors (Lipinski definition) is 5. The van der Waals surface area contributed by atoms with Gasteiger partial charge in [-0.05, 0) is 12.8 Å². The minimum Gasteiger partial charge on any atom is -0.338 e. The van der Waals surface area contributed by atoms with Crippen LogP contribution in [0.1, 0.15) is 25.7 Å². The molecule has 0 aromatic rings. The summed E-state index contributed by atoms with van der Waals surface area (Å²) in [6.45, 7) is -1.41. The van der Waals surface area contributed by atoms with Crippen LogP contribution in [0.5, 0.6) is 0 Å². The first-order chi connectivity index (χ1) is 11.6. The van der Waals surface area contributed by atoms with Gasteiger partial charge < -0.3 is 5.32 Å². The van der Waals surface area contributed by atoms with Gasteiger partial charge in [-0.2, -0.15) is 30.6 Å². The molecule has 7 nitrogen and oxygen atoms in total. The van der Waals surface area contributed by atoms with Crippen LogP contribution in [0.25, 0.3) is 0 Å². The summed E-state index contributed by atoms with van der Waals surface area (Å²) in [5, 5.41) is -0.989. The average Bonchev–Trinajstić information content (AvgIpc) is 2.62. The zero-order chi connectivity index (χ0) is 20.1. The van der Waals surface area contributed by atoms with Gasteiger partial charge in [0.15, 0.2) is 0 Å². The number of amides is 1. The zero-order valence-corrected chi connectivity index (χ0v) is 14.5. The van der Waals surface area contributed by atoms with E-state index in [1.807, 2.05) is 0 Å². The molecule has 26 heavy (non-hydrogen) atoms. The van der Waals surface area contributed by atoms with Crippen molar-refractivity contribution in [1.29, 1.82) is 0 Å². The van der Waals surface area contributed by atoms with Gasteiger partial charge in [0.1, 0.15) is 5.37 Å². The molecule has 1 N–H and O–H groups in total. The van der Waals surface area contributed by atoms with Gasteiger partial charge >= 0.3 is 21.0 Å². The quantitative estimate of drug-likeness (QED) is 0.659. The number of sulfone groups is 1. The number of sulfonamides is 1. The molecule has 3 atom stereocenters. The van der Waals surface area contributed by atoms with Gasteiger partial charge in [0, 0.05) is 12.0 Å². The lowest BCUT2D eigenvalue weighted by Crippen LogP contribution is -2.54. The smallest absolute Gasteiger partial charge is 0.338 e. The van der Waals surface area contributed by atoms with Crippen LogP contribution in [-0.2, 0) is 24.7 Å². The van der Waals surface area contributed by atoms with E-state index >= 15 is 0 Å². The maximum absolute atomic E-state index is 12.9. The molecular formula is C11H14F6N2O5S2. The Morgan fingerprint density at radius 2 is 1.46 bits per heavy atom. The second-order valence-electron chi connectivity index (χ2n) is 5.99. The van der Waals surface area contributed by atoms with Gasteiger partial charge in [0.2, 0.25) is 5.91 Å². The molecule has 0 spiro atoms. The molecule has 0 aromatic carbocycles. The van der Waals surface area contributed by atoms with Crippen LogP contribution in [0, 0.1) is 5.92 Å². The molecule has 1 unspecified atom stereocenters. The minimum atomic E-state index is -6.03. The van der Waals surface area contributed by atoms with E-state index in [2.05, 4.69) is 0 Å². The van der Waals surface area contributed by atoms with Gasteiger partial charge in [-0.25, -0.2) is 16.8 Å². The Morgan fingerprint density at radius 3 is 1.96 bits per heavy atom. The lowest BCUT2D eigenvalue weighted by molar-refractivity contribution is -0.121. The van der Waals surface area contributed by atoms with Crippen LogP contribution in [0.3, 0.4) is 0 Å². The SMILES string of the molecule is O=C1CN(S(=O)(=O)C(F)(F)F)[C@@H]2CCCC[C@H]2C(S(=O)(=O)C(F)(F)F)N1. The van der Waals surface area contributed by atoms with E-state index in [1.165, 1.54) is 0 Å². The first kappa shape index (κ1) is 21.2. The van der Waals surface area contributed by atoms with E-state index in [4.69, 9.17) is 0 Å². The Kier molecular flexibility index (Phi) is 5.31. The Bertz CT molecular complexity index is 712. The van der Waals surface area contributed by atoms with Gasteiger partial charge in [-0.15, -0.1) is 0 Å². The van der Waals surface area contributed by atoms with Crippen LogP contribution < -0.4 is 5.32 Å². The minimum absolute atomic E-state index is 0.179. The molecule has 0 aromatic heterocycles. The van der Waals surface area contributed by atoms with Crippen LogP contribution in [0.4, 0.5) is 26.3 Å². The van der Waals surface area contributed by atoms with Gasteiger partial charge in [-0.1, -0.05) is 12.8 Å². The fourth-order valence-corrected chi connectivity index (χ4v) is 5.79.